The zero-order valence-corrected chi connectivity index (χ0v) is 13.1. The third kappa shape index (κ3) is 2.94. The summed E-state index contributed by atoms with van der Waals surface area (Å²) in [6.45, 7) is 6.81. The zero-order valence-electron chi connectivity index (χ0n) is 13.1. The van der Waals surface area contributed by atoms with Crippen LogP contribution in [0.5, 0.6) is 0 Å². The molecule has 5 heteroatoms. The molecule has 1 unspecified atom stereocenters. The Morgan fingerprint density at radius 1 is 1.27 bits per heavy atom. The molecule has 22 heavy (non-hydrogen) atoms. The van der Waals surface area contributed by atoms with Crippen molar-refractivity contribution in [2.75, 3.05) is 0 Å². The molecule has 1 atom stereocenters. The van der Waals surface area contributed by atoms with Crippen LogP contribution < -0.4 is 5.32 Å². The Morgan fingerprint density at radius 2 is 2.14 bits per heavy atom. The molecule has 0 fully saturated rings. The van der Waals surface area contributed by atoms with E-state index in [1.165, 1.54) is 5.56 Å². The van der Waals surface area contributed by atoms with Crippen LogP contribution in [0.4, 0.5) is 0 Å². The smallest absolute Gasteiger partial charge is 0.138 e. The fourth-order valence-electron chi connectivity index (χ4n) is 2.49. The van der Waals surface area contributed by atoms with Crippen molar-refractivity contribution >= 4 is 0 Å². The number of aryl methyl sites for hydroxylation is 2. The molecule has 0 amide bonds. The number of aromatic nitrogens is 3. The topological polar surface area (TPSA) is 55.9 Å². The second-order valence-electron chi connectivity index (χ2n) is 5.45. The molecule has 0 aliphatic rings. The van der Waals surface area contributed by atoms with E-state index >= 15 is 0 Å². The minimum Gasteiger partial charge on any atom is -0.361 e. The third-order valence-corrected chi connectivity index (χ3v) is 3.91. The lowest BCUT2D eigenvalue weighted by atomic mass is 10.1. The van der Waals surface area contributed by atoms with Gasteiger partial charge in [-0.15, -0.1) is 0 Å². The van der Waals surface area contributed by atoms with Gasteiger partial charge in [0, 0.05) is 30.5 Å². The van der Waals surface area contributed by atoms with Gasteiger partial charge in [0.25, 0.3) is 0 Å². The van der Waals surface area contributed by atoms with Crippen molar-refractivity contribution in [3.8, 4) is 5.69 Å². The lowest BCUT2D eigenvalue weighted by Crippen LogP contribution is -2.19. The highest BCUT2D eigenvalue weighted by Crippen LogP contribution is 2.18. The van der Waals surface area contributed by atoms with Crippen LogP contribution in [-0.4, -0.2) is 14.9 Å². The molecule has 0 spiro atoms. The second-order valence-corrected chi connectivity index (χ2v) is 5.45. The molecule has 2 heterocycles. The highest BCUT2D eigenvalue weighted by molar-refractivity contribution is 5.36. The first-order valence-corrected chi connectivity index (χ1v) is 7.40. The van der Waals surface area contributed by atoms with Gasteiger partial charge in [0.2, 0.25) is 0 Å². The third-order valence-electron chi connectivity index (χ3n) is 3.91. The summed E-state index contributed by atoms with van der Waals surface area (Å²) < 4.78 is 7.07. The molecule has 0 saturated heterocycles. The van der Waals surface area contributed by atoms with E-state index in [0.717, 1.165) is 29.2 Å². The molecule has 5 nitrogen and oxygen atoms in total. The average Bonchev–Trinajstić information content (AvgIpc) is 3.16. The van der Waals surface area contributed by atoms with Crippen LogP contribution in [0.25, 0.3) is 5.69 Å². The SMILES string of the molecule is Cc1noc(C)c1CNC(C)c1cccc(-n2cccn2)c1. The second kappa shape index (κ2) is 6.15. The Labute approximate surface area is 129 Å². The number of nitrogens with one attached hydrogen (secondary N) is 1. The van der Waals surface area contributed by atoms with Crippen molar-refractivity contribution in [1.29, 1.82) is 0 Å². The number of rotatable bonds is 5. The molecule has 0 bridgehead atoms. The van der Waals surface area contributed by atoms with Crippen LogP contribution in [0.3, 0.4) is 0 Å². The molecule has 0 radical (unpaired) electrons. The van der Waals surface area contributed by atoms with Crippen LogP contribution in [0.2, 0.25) is 0 Å². The quantitative estimate of drug-likeness (QED) is 0.784. The van der Waals surface area contributed by atoms with E-state index in [1.54, 1.807) is 6.20 Å². The molecule has 0 saturated carbocycles. The van der Waals surface area contributed by atoms with Crippen molar-refractivity contribution in [2.24, 2.45) is 0 Å². The molecule has 3 rings (SSSR count). The van der Waals surface area contributed by atoms with Crippen molar-refractivity contribution in [3.63, 3.8) is 0 Å². The molecule has 1 aromatic carbocycles. The molecule has 2 aromatic heterocycles. The predicted octanol–water partition coefficient (Wildman–Crippen LogP) is 3.33. The Balaban J connectivity index is 1.73. The van der Waals surface area contributed by atoms with Crippen LogP contribution in [0.15, 0.2) is 47.2 Å². The van der Waals surface area contributed by atoms with E-state index < -0.39 is 0 Å². The van der Waals surface area contributed by atoms with Crippen LogP contribution >= 0.6 is 0 Å². The first kappa shape index (κ1) is 14.5. The fourth-order valence-corrected chi connectivity index (χ4v) is 2.49. The molecule has 3 aromatic rings. The fraction of sp³-hybridized carbons (Fsp3) is 0.294. The van der Waals surface area contributed by atoms with E-state index in [0.29, 0.717) is 0 Å². The van der Waals surface area contributed by atoms with Gasteiger partial charge in [-0.25, -0.2) is 4.68 Å². The summed E-state index contributed by atoms with van der Waals surface area (Å²) in [4.78, 5) is 0. The van der Waals surface area contributed by atoms with Gasteiger partial charge in [0.1, 0.15) is 5.76 Å². The van der Waals surface area contributed by atoms with E-state index in [2.05, 4.69) is 46.8 Å². The van der Waals surface area contributed by atoms with Gasteiger partial charge in [-0.2, -0.15) is 5.10 Å². The normalized spacial score (nSPS) is 12.5. The number of nitrogens with zero attached hydrogens (tertiary/aromatic N) is 3. The summed E-state index contributed by atoms with van der Waals surface area (Å²) in [5.74, 6) is 0.877. The van der Waals surface area contributed by atoms with Gasteiger partial charge in [-0.1, -0.05) is 17.3 Å². The monoisotopic (exact) mass is 296 g/mol. The van der Waals surface area contributed by atoms with E-state index in [4.69, 9.17) is 4.52 Å². The molecular weight excluding hydrogens is 276 g/mol. The van der Waals surface area contributed by atoms with Crippen LogP contribution in [0.1, 0.15) is 35.5 Å². The summed E-state index contributed by atoms with van der Waals surface area (Å²) in [7, 11) is 0. The van der Waals surface area contributed by atoms with E-state index in [9.17, 15) is 0 Å². The van der Waals surface area contributed by atoms with Gasteiger partial charge < -0.3 is 9.84 Å². The Bertz CT molecular complexity index is 726. The van der Waals surface area contributed by atoms with Gasteiger partial charge in [-0.05, 0) is 44.5 Å². The molecule has 0 aliphatic carbocycles. The minimum absolute atomic E-state index is 0.226. The largest absolute Gasteiger partial charge is 0.361 e. The van der Waals surface area contributed by atoms with Gasteiger partial charge in [-0.3, -0.25) is 0 Å². The number of hydrogen-bond acceptors (Lipinski definition) is 4. The summed E-state index contributed by atoms with van der Waals surface area (Å²) in [6, 6.07) is 10.5. The summed E-state index contributed by atoms with van der Waals surface area (Å²) in [6.07, 6.45) is 3.73. The van der Waals surface area contributed by atoms with Crippen molar-refractivity contribution in [3.05, 3.63) is 65.3 Å². The average molecular weight is 296 g/mol. The van der Waals surface area contributed by atoms with E-state index in [1.807, 2.05) is 30.8 Å². The highest BCUT2D eigenvalue weighted by Gasteiger charge is 2.11. The summed E-state index contributed by atoms with van der Waals surface area (Å²) in [5.41, 5.74) is 4.37. The maximum absolute atomic E-state index is 5.20. The highest BCUT2D eigenvalue weighted by atomic mass is 16.5. The van der Waals surface area contributed by atoms with Gasteiger partial charge >= 0.3 is 0 Å². The molecule has 114 valence electrons. The van der Waals surface area contributed by atoms with E-state index in [-0.39, 0.29) is 6.04 Å². The molecular formula is C17H20N4O. The Kier molecular flexibility index (Phi) is 4.06. The van der Waals surface area contributed by atoms with Crippen LogP contribution in [-0.2, 0) is 6.54 Å². The minimum atomic E-state index is 0.226. The first-order valence-electron chi connectivity index (χ1n) is 7.40. The lowest BCUT2D eigenvalue weighted by molar-refractivity contribution is 0.391. The van der Waals surface area contributed by atoms with Crippen molar-refractivity contribution in [1.82, 2.24) is 20.3 Å². The Hall–Kier alpha value is -2.40. The molecule has 1 N–H and O–H groups in total. The van der Waals surface area contributed by atoms with Crippen LogP contribution in [0, 0.1) is 13.8 Å². The standard InChI is InChI=1S/C17H20N4O/c1-12(18-11-17-13(2)20-22-14(17)3)15-6-4-7-16(10-15)21-9-5-8-19-21/h4-10,12,18H,11H2,1-3H3. The van der Waals surface area contributed by atoms with Gasteiger partial charge in [0.15, 0.2) is 0 Å². The maximum atomic E-state index is 5.20. The summed E-state index contributed by atoms with van der Waals surface area (Å²) >= 11 is 0. The number of hydrogen-bond donors (Lipinski definition) is 1. The Morgan fingerprint density at radius 3 is 2.82 bits per heavy atom. The summed E-state index contributed by atoms with van der Waals surface area (Å²) in [5, 5.41) is 11.8. The molecule has 0 aliphatic heterocycles. The number of benzene rings is 1. The zero-order chi connectivity index (χ0) is 15.5. The van der Waals surface area contributed by atoms with Gasteiger partial charge in [0.05, 0.1) is 11.4 Å². The maximum Gasteiger partial charge on any atom is 0.138 e. The predicted molar refractivity (Wildman–Crippen MR) is 84.8 cm³/mol. The lowest BCUT2D eigenvalue weighted by Gasteiger charge is -2.15. The van der Waals surface area contributed by atoms with Crippen molar-refractivity contribution in [2.45, 2.75) is 33.4 Å². The van der Waals surface area contributed by atoms with Crippen molar-refractivity contribution < 1.29 is 4.52 Å². The first-order chi connectivity index (χ1) is 10.6.